The van der Waals surface area contributed by atoms with E-state index >= 15 is 0 Å². The quantitative estimate of drug-likeness (QED) is 0.0361. The fourth-order valence-corrected chi connectivity index (χ4v) is 14.8. The number of benzene rings is 1. The van der Waals surface area contributed by atoms with Gasteiger partial charge in [-0.2, -0.15) is 8.42 Å². The first-order valence-corrected chi connectivity index (χ1v) is 31.0. The molecule has 19 atom stereocenters. The number of ether oxygens (including phenoxy) is 6. The second-order valence-electron chi connectivity index (χ2n) is 25.0. The summed E-state index contributed by atoms with van der Waals surface area (Å²) in [4.78, 5) is 43.3. The maximum Gasteiger partial charge on any atom is 0.341 e. The fraction of sp³-hybridized carbons (Fsp3) is 0.797. The van der Waals surface area contributed by atoms with Gasteiger partial charge in [0.2, 0.25) is 5.43 Å². The number of carbonyl (C=O) groups is 2. The number of likely N-dealkylation sites (N-methyl/N-ethyl adjacent to an activating group) is 1. The molecule has 1 aliphatic carbocycles. The van der Waals surface area contributed by atoms with Crippen LogP contribution in [0.25, 0.3) is 10.9 Å². The number of oxime groups is 1. The molecule has 3 saturated heterocycles. The molecule has 4 heterocycles. The zero-order valence-electron chi connectivity index (χ0n) is 50.7. The van der Waals surface area contributed by atoms with Crippen molar-refractivity contribution in [1.29, 1.82) is 0 Å². The van der Waals surface area contributed by atoms with Gasteiger partial charge < -0.3 is 68.6 Å². The van der Waals surface area contributed by atoms with E-state index in [1.54, 1.807) is 59.1 Å². The minimum absolute atomic E-state index is 0.0777. The summed E-state index contributed by atoms with van der Waals surface area (Å²) >= 11 is 0. The third kappa shape index (κ3) is 15.5. The molecule has 22 nitrogen and oxygen atoms in total. The van der Waals surface area contributed by atoms with Crippen molar-refractivity contribution in [3.63, 3.8) is 0 Å². The van der Waals surface area contributed by atoms with Crippen LogP contribution in [0.1, 0.15) is 137 Å². The van der Waals surface area contributed by atoms with Gasteiger partial charge in [-0.1, -0.05) is 45.8 Å². The number of esters is 1. The molecule has 466 valence electrons. The Labute approximate surface area is 484 Å². The van der Waals surface area contributed by atoms with Crippen LogP contribution in [0.3, 0.4) is 0 Å². The molecule has 0 spiro atoms. The average molecular weight is 1180 g/mol. The number of likely N-dealkylation sites (tertiary alicyclic amines) is 1. The first-order valence-electron chi connectivity index (χ1n) is 29.4. The Morgan fingerprint density at radius 3 is 2.27 bits per heavy atom. The van der Waals surface area contributed by atoms with Crippen LogP contribution in [-0.2, 0) is 60.5 Å². The van der Waals surface area contributed by atoms with Gasteiger partial charge in [-0.3, -0.25) is 18.7 Å². The molecule has 6 rings (SSSR count). The van der Waals surface area contributed by atoms with Crippen LogP contribution in [-0.4, -0.2) is 208 Å². The molecule has 1 aromatic carbocycles. The number of cyclic esters (lactones) is 1. The van der Waals surface area contributed by atoms with Gasteiger partial charge in [-0.05, 0) is 124 Å². The van der Waals surface area contributed by atoms with Crippen molar-refractivity contribution in [2.75, 3.05) is 53.2 Å². The average Bonchev–Trinajstić information content (AvgIpc) is 3.91. The Bertz CT molecular complexity index is 2690. The van der Waals surface area contributed by atoms with E-state index in [0.29, 0.717) is 62.8 Å². The van der Waals surface area contributed by atoms with Crippen molar-refractivity contribution < 1.29 is 81.4 Å². The number of carboxylic acid groups (broad SMARTS) is 1. The Kier molecular flexibility index (Phi) is 22.8. The van der Waals surface area contributed by atoms with Gasteiger partial charge >= 0.3 is 11.9 Å². The highest BCUT2D eigenvalue weighted by atomic mass is 32.2. The molecule has 82 heavy (non-hydrogen) atoms. The lowest BCUT2D eigenvalue weighted by atomic mass is 9.73. The largest absolute Gasteiger partial charge is 0.477 e. The van der Waals surface area contributed by atoms with Crippen LogP contribution >= 0.6 is 0 Å². The van der Waals surface area contributed by atoms with Crippen molar-refractivity contribution in [3.8, 4) is 0 Å². The van der Waals surface area contributed by atoms with Gasteiger partial charge in [-0.25, -0.2) is 4.79 Å². The summed E-state index contributed by atoms with van der Waals surface area (Å²) < 4.78 is 74.3. The molecule has 6 N–H and O–H groups in total. The Morgan fingerprint density at radius 2 is 1.65 bits per heavy atom. The smallest absolute Gasteiger partial charge is 0.341 e. The molecule has 0 unspecified atom stereocenters. The highest BCUT2D eigenvalue weighted by Gasteiger charge is 2.54. The standard InChI is InChI=1S/C59H96N4O18S/c1-15-46-59(11,71)51(66)36(6)47(60-72)34(4)29-57(9,70)53(80-56-49(65)45(61(12)13)27-35(5)77-56)37(7)50(38(8)55(69)79-46)78-41-26-33(3)52(58(10,30-41)75-14)81-82(73,74)25-23-62-22-21-40(31-62)76-24-17-18-39-19-20-44-42(28-39)48(64)43(54(67)68)32-63(44)16-2/h19-20,28,32-38,40-41,45-46,49-53,56,65-66,70-72H,15-18,21-27,29-31H2,1-14H3,(H,67,68)/b60-47+/t33-,34-,35-,36+,37+,38-,40-,41-,45+,46-,49-,50+,51-,52+,53-,56+,57-,58-,59-/m1/s1. The van der Waals surface area contributed by atoms with E-state index in [0.717, 1.165) is 5.56 Å². The van der Waals surface area contributed by atoms with Gasteiger partial charge in [0.15, 0.2) is 6.29 Å². The lowest BCUT2D eigenvalue weighted by molar-refractivity contribution is -0.301. The Hall–Kier alpha value is -3.69. The minimum atomic E-state index is -4.13. The molecular formula is C59H96N4O18S. The number of hydrogen-bond donors (Lipinski definition) is 6. The predicted octanol–water partition coefficient (Wildman–Crippen LogP) is 4.82. The van der Waals surface area contributed by atoms with Crippen molar-refractivity contribution in [2.45, 2.75) is 218 Å². The number of nitrogens with zero attached hydrogens (tertiary/aromatic N) is 4. The van der Waals surface area contributed by atoms with Gasteiger partial charge in [0.25, 0.3) is 10.1 Å². The van der Waals surface area contributed by atoms with Crippen LogP contribution in [0.2, 0.25) is 0 Å². The number of pyridine rings is 1. The van der Waals surface area contributed by atoms with Crippen LogP contribution in [0, 0.1) is 29.6 Å². The van der Waals surface area contributed by atoms with Gasteiger partial charge in [0, 0.05) is 81.7 Å². The lowest BCUT2D eigenvalue weighted by Crippen LogP contribution is -2.61. The molecule has 0 amide bonds. The Morgan fingerprint density at radius 1 is 0.951 bits per heavy atom. The van der Waals surface area contributed by atoms with E-state index < -0.39 is 123 Å². The molecule has 0 bridgehead atoms. The number of aromatic carboxylic acids is 1. The van der Waals surface area contributed by atoms with Crippen LogP contribution < -0.4 is 5.43 Å². The maximum absolute atomic E-state index is 14.6. The normalized spacial score (nSPS) is 38.2. The summed E-state index contributed by atoms with van der Waals surface area (Å²) in [6.07, 6.45) is -5.43. The van der Waals surface area contributed by atoms with Crippen molar-refractivity contribution in [3.05, 3.63) is 45.7 Å². The number of aromatic nitrogens is 1. The SMILES string of the molecule is CC[C@H]1OC(=O)[C@H](C)[C@@H](O[C@@H]2C[C@@H](C)[C@H](OS(=O)(=O)CCN3CC[C@@H](OCCCc4ccc5c(c4)c(=O)c(C(=O)O)cn5CC)C3)[C@](C)(OC)C2)[C@H](C)[C@@H](O[C@@H]2O[C@H](C)C[C@H](N(C)C)[C@H]2O)[C@](C)(O)C[C@@H](C)/C(=N\O)[C@H](C)[C@@H](O)[C@]1(C)O. The highest BCUT2D eigenvalue weighted by molar-refractivity contribution is 7.86. The van der Waals surface area contributed by atoms with Gasteiger partial charge in [-0.15, -0.1) is 0 Å². The zero-order chi connectivity index (χ0) is 61.0. The monoisotopic (exact) mass is 1180 g/mol. The number of fused-ring (bicyclic) bond motifs is 1. The topological polar surface area (TPSA) is 295 Å². The first kappa shape index (κ1) is 67.4. The van der Waals surface area contributed by atoms with E-state index in [-0.39, 0.29) is 67.5 Å². The summed E-state index contributed by atoms with van der Waals surface area (Å²) in [5.74, 6) is -6.49. The van der Waals surface area contributed by atoms with E-state index in [4.69, 9.17) is 32.6 Å². The summed E-state index contributed by atoms with van der Waals surface area (Å²) in [5, 5.41) is 72.2. The first-order chi connectivity index (χ1) is 38.3. The molecule has 0 radical (unpaired) electrons. The number of rotatable bonds is 19. The lowest BCUT2D eigenvalue weighted by Gasteiger charge is -2.49. The molecule has 1 aromatic heterocycles. The zero-order valence-corrected chi connectivity index (χ0v) is 51.5. The number of aliphatic hydroxyl groups excluding tert-OH is 2. The molecule has 23 heteroatoms. The fourth-order valence-electron chi connectivity index (χ4n) is 13.5. The van der Waals surface area contributed by atoms with Gasteiger partial charge in [0.1, 0.15) is 29.5 Å². The highest BCUT2D eigenvalue weighted by Crippen LogP contribution is 2.44. The molecule has 4 aliphatic rings. The predicted molar refractivity (Wildman–Crippen MR) is 306 cm³/mol. The van der Waals surface area contributed by atoms with Crippen molar-refractivity contribution >= 4 is 38.7 Å². The molecule has 2 aromatic rings. The van der Waals surface area contributed by atoms with Crippen LogP contribution in [0.4, 0.5) is 0 Å². The molecular weight excluding hydrogens is 1080 g/mol. The third-order valence-corrected chi connectivity index (χ3v) is 19.4. The maximum atomic E-state index is 14.6. The number of methoxy groups -OCH3 is 1. The summed E-state index contributed by atoms with van der Waals surface area (Å²) in [6.45, 7) is 21.0. The van der Waals surface area contributed by atoms with E-state index in [1.807, 2.05) is 56.8 Å². The van der Waals surface area contributed by atoms with E-state index in [9.17, 15) is 53.5 Å². The summed E-state index contributed by atoms with van der Waals surface area (Å²) in [5.41, 5.74) is -4.23. The van der Waals surface area contributed by atoms with Crippen LogP contribution in [0.15, 0.2) is 34.3 Å². The minimum Gasteiger partial charge on any atom is -0.477 e. The van der Waals surface area contributed by atoms with Crippen molar-refractivity contribution in [1.82, 2.24) is 14.4 Å². The second-order valence-corrected chi connectivity index (χ2v) is 26.7. The van der Waals surface area contributed by atoms with Crippen LogP contribution in [0.5, 0.6) is 0 Å². The number of aryl methyl sites for hydroxylation is 2. The number of carbonyl (C=O) groups excluding carboxylic acids is 1. The van der Waals surface area contributed by atoms with E-state index in [2.05, 4.69) is 5.16 Å². The number of hydrogen-bond acceptors (Lipinski definition) is 20. The summed E-state index contributed by atoms with van der Waals surface area (Å²) in [7, 11) is 1.03. The van der Waals surface area contributed by atoms with Gasteiger partial charge in [0.05, 0.1) is 70.7 Å². The number of aliphatic hydroxyl groups is 4. The molecule has 4 fully saturated rings. The second kappa shape index (κ2) is 27.8. The third-order valence-electron chi connectivity index (χ3n) is 18.2. The number of carboxylic acids is 1. The molecule has 1 saturated carbocycles. The summed E-state index contributed by atoms with van der Waals surface area (Å²) in [6, 6.07) is 5.16. The van der Waals surface area contributed by atoms with E-state index in [1.165, 1.54) is 20.2 Å². The molecule has 3 aliphatic heterocycles. The van der Waals surface area contributed by atoms with Crippen molar-refractivity contribution in [2.24, 2.45) is 34.7 Å². The Balaban J connectivity index is 1.16.